The minimum Gasteiger partial charge on any atom is -0.444 e. The van der Waals surface area contributed by atoms with Gasteiger partial charge in [-0.25, -0.2) is 9.78 Å². The summed E-state index contributed by atoms with van der Waals surface area (Å²) in [5.41, 5.74) is 2.05. The van der Waals surface area contributed by atoms with Gasteiger partial charge in [-0.15, -0.1) is 0 Å². The lowest BCUT2D eigenvalue weighted by molar-refractivity contribution is 0.0522. The summed E-state index contributed by atoms with van der Waals surface area (Å²) in [6.45, 7) is 9.25. The number of carbonyl (C=O) groups is 1. The van der Waals surface area contributed by atoms with Gasteiger partial charge >= 0.3 is 6.09 Å². The fourth-order valence-corrected chi connectivity index (χ4v) is 3.05. The van der Waals surface area contributed by atoms with Crippen LogP contribution < -0.4 is 5.32 Å². The van der Waals surface area contributed by atoms with E-state index in [4.69, 9.17) is 9.26 Å². The van der Waals surface area contributed by atoms with Crippen molar-refractivity contribution in [3.05, 3.63) is 59.8 Å². The van der Waals surface area contributed by atoms with Crippen molar-refractivity contribution < 1.29 is 19.2 Å². The lowest BCUT2D eigenvalue weighted by Gasteiger charge is -2.23. The lowest BCUT2D eigenvalue weighted by atomic mass is 10.1. The summed E-state index contributed by atoms with van der Waals surface area (Å²) in [7, 11) is 0. The van der Waals surface area contributed by atoms with Crippen LogP contribution in [-0.4, -0.2) is 38.1 Å². The van der Waals surface area contributed by atoms with E-state index in [-0.39, 0.29) is 6.54 Å². The Morgan fingerprint density at radius 3 is 2.63 bits per heavy atom. The molecular formula is C22H28N4O4. The van der Waals surface area contributed by atoms with Crippen LogP contribution in [-0.2, 0) is 4.74 Å². The maximum atomic E-state index is 12.2. The number of aromatic nitrogens is 3. The lowest BCUT2D eigenvalue weighted by Crippen LogP contribution is -2.36. The number of ether oxygens (including phenoxy) is 1. The molecule has 160 valence electrons. The van der Waals surface area contributed by atoms with E-state index in [1.54, 1.807) is 44.7 Å². The van der Waals surface area contributed by atoms with Crippen molar-refractivity contribution in [3.63, 3.8) is 0 Å². The average Bonchev–Trinajstić information content (AvgIpc) is 3.31. The van der Waals surface area contributed by atoms with Gasteiger partial charge in [0.2, 0.25) is 0 Å². The molecule has 2 atom stereocenters. The minimum atomic E-state index is -0.785. The second-order valence-electron chi connectivity index (χ2n) is 8.25. The van der Waals surface area contributed by atoms with Gasteiger partial charge in [0, 0.05) is 30.6 Å². The number of imidazole rings is 1. The molecule has 0 spiro atoms. The largest absolute Gasteiger partial charge is 0.444 e. The number of nitrogens with zero attached hydrogens (tertiary/aromatic N) is 3. The van der Waals surface area contributed by atoms with Gasteiger partial charge in [0.05, 0.1) is 6.04 Å². The van der Waals surface area contributed by atoms with Crippen LogP contribution in [0.15, 0.2) is 47.2 Å². The average molecular weight is 412 g/mol. The van der Waals surface area contributed by atoms with E-state index in [9.17, 15) is 9.90 Å². The van der Waals surface area contributed by atoms with E-state index in [0.29, 0.717) is 17.3 Å². The van der Waals surface area contributed by atoms with Gasteiger partial charge in [-0.2, -0.15) is 0 Å². The number of benzene rings is 1. The maximum Gasteiger partial charge on any atom is 0.407 e. The molecule has 1 aromatic carbocycles. The molecule has 0 unspecified atom stereocenters. The predicted octanol–water partition coefficient (Wildman–Crippen LogP) is 4.01. The molecule has 3 rings (SSSR count). The van der Waals surface area contributed by atoms with E-state index in [1.807, 2.05) is 37.3 Å². The molecule has 2 aromatic heterocycles. The molecule has 30 heavy (non-hydrogen) atoms. The van der Waals surface area contributed by atoms with Crippen LogP contribution in [0.4, 0.5) is 4.79 Å². The number of amides is 1. The standard InChI is InChI=1S/C22H28N4O4/c1-14-6-8-16(9-7-14)19-12-17(25-30-19)18(13-24-21(28)29-22(3,4)5)26-11-10-23-20(26)15(2)27/h6-12,15,18,27H,13H2,1-5H3,(H,24,28)/t15-,18+/m0/s1. The number of rotatable bonds is 6. The Hall–Kier alpha value is -3.13. The fraction of sp³-hybridized carbons (Fsp3) is 0.409. The van der Waals surface area contributed by atoms with E-state index >= 15 is 0 Å². The maximum absolute atomic E-state index is 12.2. The van der Waals surface area contributed by atoms with Gasteiger partial charge < -0.3 is 24.3 Å². The molecule has 0 aliphatic carbocycles. The third-order valence-electron chi connectivity index (χ3n) is 4.45. The van der Waals surface area contributed by atoms with E-state index in [2.05, 4.69) is 15.5 Å². The Kier molecular flexibility index (Phi) is 6.26. The SMILES string of the molecule is Cc1ccc(-c2cc([C@@H](CNC(=O)OC(C)(C)C)n3ccnc3[C@H](C)O)no2)cc1. The number of aliphatic hydroxyl groups excluding tert-OH is 1. The summed E-state index contributed by atoms with van der Waals surface area (Å²) >= 11 is 0. The first-order valence-corrected chi connectivity index (χ1v) is 9.85. The highest BCUT2D eigenvalue weighted by Crippen LogP contribution is 2.27. The number of carbonyl (C=O) groups excluding carboxylic acids is 1. The minimum absolute atomic E-state index is 0.185. The number of alkyl carbamates (subject to hydrolysis) is 1. The van der Waals surface area contributed by atoms with Crippen LogP contribution in [0.2, 0.25) is 0 Å². The van der Waals surface area contributed by atoms with Gasteiger partial charge in [0.15, 0.2) is 5.76 Å². The molecular weight excluding hydrogens is 384 g/mol. The summed E-state index contributed by atoms with van der Waals surface area (Å²) in [6, 6.07) is 9.32. The molecule has 2 N–H and O–H groups in total. The highest BCUT2D eigenvalue weighted by molar-refractivity contribution is 5.67. The smallest absolute Gasteiger partial charge is 0.407 e. The third-order valence-corrected chi connectivity index (χ3v) is 4.45. The zero-order valence-electron chi connectivity index (χ0n) is 17.9. The molecule has 0 saturated heterocycles. The number of aryl methyl sites for hydroxylation is 1. The van der Waals surface area contributed by atoms with Gasteiger partial charge in [-0.05, 0) is 34.6 Å². The zero-order chi connectivity index (χ0) is 21.9. The number of aliphatic hydroxyl groups is 1. The van der Waals surface area contributed by atoms with Crippen molar-refractivity contribution in [2.75, 3.05) is 6.54 Å². The van der Waals surface area contributed by atoms with Gasteiger partial charge in [0.25, 0.3) is 0 Å². The molecule has 0 aliphatic rings. The van der Waals surface area contributed by atoms with Crippen LogP contribution in [0.5, 0.6) is 0 Å². The van der Waals surface area contributed by atoms with Crippen molar-refractivity contribution in [3.8, 4) is 11.3 Å². The Bertz CT molecular complexity index is 983. The predicted molar refractivity (Wildman–Crippen MR) is 112 cm³/mol. The molecule has 8 nitrogen and oxygen atoms in total. The Balaban J connectivity index is 1.89. The normalized spacial score (nSPS) is 13.7. The molecule has 8 heteroatoms. The number of hydrogen-bond donors (Lipinski definition) is 2. The van der Waals surface area contributed by atoms with Gasteiger partial charge in [-0.3, -0.25) is 0 Å². The zero-order valence-corrected chi connectivity index (χ0v) is 17.9. The monoisotopic (exact) mass is 412 g/mol. The first-order valence-electron chi connectivity index (χ1n) is 9.85. The van der Waals surface area contributed by atoms with Crippen LogP contribution in [0, 0.1) is 6.92 Å². The van der Waals surface area contributed by atoms with Crippen molar-refractivity contribution in [1.29, 1.82) is 0 Å². The molecule has 0 radical (unpaired) electrons. The van der Waals surface area contributed by atoms with Crippen molar-refractivity contribution >= 4 is 6.09 Å². The molecule has 3 aromatic rings. The molecule has 0 fully saturated rings. The quantitative estimate of drug-likeness (QED) is 0.634. The molecule has 0 bridgehead atoms. The first kappa shape index (κ1) is 21.6. The highest BCUT2D eigenvalue weighted by Gasteiger charge is 2.25. The summed E-state index contributed by atoms with van der Waals surface area (Å²) in [5.74, 6) is 1.08. The number of nitrogens with one attached hydrogen (secondary N) is 1. The summed E-state index contributed by atoms with van der Waals surface area (Å²) in [4.78, 5) is 16.4. The second-order valence-corrected chi connectivity index (χ2v) is 8.25. The van der Waals surface area contributed by atoms with Crippen LogP contribution in [0.3, 0.4) is 0 Å². The Morgan fingerprint density at radius 1 is 1.30 bits per heavy atom. The molecule has 0 saturated carbocycles. The topological polar surface area (TPSA) is 102 Å². The van der Waals surface area contributed by atoms with E-state index < -0.39 is 23.8 Å². The first-order chi connectivity index (χ1) is 14.1. The van der Waals surface area contributed by atoms with Gasteiger partial charge in [-0.1, -0.05) is 35.0 Å². The van der Waals surface area contributed by atoms with Gasteiger partial charge in [0.1, 0.15) is 23.2 Å². The van der Waals surface area contributed by atoms with Crippen molar-refractivity contribution in [2.24, 2.45) is 0 Å². The Labute approximate surface area is 175 Å². The molecule has 0 aliphatic heterocycles. The Morgan fingerprint density at radius 2 is 2.00 bits per heavy atom. The van der Waals surface area contributed by atoms with E-state index in [0.717, 1.165) is 11.1 Å². The molecule has 2 heterocycles. The fourth-order valence-electron chi connectivity index (χ4n) is 3.05. The summed E-state index contributed by atoms with van der Waals surface area (Å²) < 4.78 is 12.7. The third kappa shape index (κ3) is 5.27. The number of hydrogen-bond acceptors (Lipinski definition) is 6. The van der Waals surface area contributed by atoms with Crippen molar-refractivity contribution in [2.45, 2.75) is 52.4 Å². The summed E-state index contributed by atoms with van der Waals surface area (Å²) in [5, 5.41) is 17.1. The molecule has 1 amide bonds. The summed E-state index contributed by atoms with van der Waals surface area (Å²) in [6.07, 6.45) is 2.02. The van der Waals surface area contributed by atoms with Crippen molar-refractivity contribution in [1.82, 2.24) is 20.0 Å². The van der Waals surface area contributed by atoms with Crippen LogP contribution in [0.1, 0.15) is 56.9 Å². The highest BCUT2D eigenvalue weighted by atomic mass is 16.6. The van der Waals surface area contributed by atoms with Crippen LogP contribution in [0.25, 0.3) is 11.3 Å². The van der Waals surface area contributed by atoms with Crippen LogP contribution >= 0.6 is 0 Å². The second kappa shape index (κ2) is 8.71. The van der Waals surface area contributed by atoms with E-state index in [1.165, 1.54) is 0 Å².